The molecule has 0 saturated carbocycles. The third-order valence-corrected chi connectivity index (χ3v) is 8.65. The van der Waals surface area contributed by atoms with Gasteiger partial charge in [0.2, 0.25) is 6.71 Å². The maximum absolute atomic E-state index is 6.63. The number of hydrogen-bond donors (Lipinski definition) is 0. The highest BCUT2D eigenvalue weighted by molar-refractivity contribution is 6.98. The lowest BCUT2D eigenvalue weighted by atomic mass is 9.34. The number of hydrogen-bond acceptors (Lipinski definition) is 3. The Hall–Kier alpha value is -5.15. The first-order chi connectivity index (χ1) is 20.3. The lowest BCUT2D eigenvalue weighted by molar-refractivity contribution is 0.465. The summed E-state index contributed by atoms with van der Waals surface area (Å²) in [5, 5.41) is 0. The van der Waals surface area contributed by atoms with Crippen LogP contribution in [0.4, 0.5) is 17.1 Å². The van der Waals surface area contributed by atoms with Crippen LogP contribution in [0.3, 0.4) is 0 Å². The minimum atomic E-state index is 0.0624. The predicted octanol–water partition coefficient (Wildman–Crippen LogP) is 4.71. The van der Waals surface area contributed by atoms with E-state index in [1.54, 1.807) is 0 Å². The van der Waals surface area contributed by atoms with Crippen molar-refractivity contribution in [3.8, 4) is 23.0 Å². The smallest absolute Gasteiger partial charge is 0.260 e. The lowest BCUT2D eigenvalue weighted by Crippen LogP contribution is -2.58. The van der Waals surface area contributed by atoms with E-state index in [1.165, 1.54) is 27.3 Å². The van der Waals surface area contributed by atoms with Gasteiger partial charge in [0.1, 0.15) is 23.0 Å². The molecule has 0 saturated heterocycles. The van der Waals surface area contributed by atoms with E-state index in [4.69, 9.17) is 9.47 Å². The molecule has 9 rings (SSSR count). The fraction of sp³-hybridized carbons (Fsp3) is 0. The molecule has 0 aromatic heterocycles. The molecular weight excluding hydrogens is 500 g/mol. The maximum atomic E-state index is 6.63. The number of benzene rings is 6. The molecule has 0 amide bonds. The highest BCUT2D eigenvalue weighted by atomic mass is 16.5. The van der Waals surface area contributed by atoms with Gasteiger partial charge in [-0.1, -0.05) is 109 Å². The van der Waals surface area contributed by atoms with Gasteiger partial charge >= 0.3 is 0 Å². The van der Waals surface area contributed by atoms with Gasteiger partial charge in [-0.15, -0.1) is 0 Å². The summed E-state index contributed by atoms with van der Waals surface area (Å²) in [5.74, 6) is 3.48. The van der Waals surface area contributed by atoms with Gasteiger partial charge in [0.15, 0.2) is 0 Å². The molecule has 0 N–H and O–H groups in total. The van der Waals surface area contributed by atoms with E-state index >= 15 is 0 Å². The normalized spacial score (nSPS) is 13.6. The molecule has 0 unspecified atom stereocenters. The number of para-hydroxylation sites is 4. The topological polar surface area (TPSA) is 21.7 Å². The van der Waals surface area contributed by atoms with Crippen LogP contribution in [-0.2, 0) is 0 Å². The molecule has 6 aromatic carbocycles. The van der Waals surface area contributed by atoms with Gasteiger partial charge in [0, 0.05) is 29.0 Å². The summed E-state index contributed by atoms with van der Waals surface area (Å²) in [7, 11) is 0. The van der Waals surface area contributed by atoms with Crippen LogP contribution in [0.5, 0.6) is 23.0 Å². The van der Waals surface area contributed by atoms with Crippen LogP contribution in [0, 0.1) is 0 Å². The van der Waals surface area contributed by atoms with Crippen LogP contribution < -0.4 is 47.2 Å². The Kier molecular flexibility index (Phi) is 4.79. The molecule has 0 bridgehead atoms. The Morgan fingerprint density at radius 1 is 0.415 bits per heavy atom. The van der Waals surface area contributed by atoms with Gasteiger partial charge < -0.3 is 14.4 Å². The quantitative estimate of drug-likeness (QED) is 0.307. The van der Waals surface area contributed by atoms with E-state index < -0.39 is 0 Å². The van der Waals surface area contributed by atoms with Gasteiger partial charge in [0.05, 0.1) is 5.69 Å². The first kappa shape index (κ1) is 22.6. The highest BCUT2D eigenvalue weighted by Gasteiger charge is 2.41. The molecule has 0 radical (unpaired) electrons. The summed E-state index contributed by atoms with van der Waals surface area (Å²) in [6.07, 6.45) is 0. The lowest BCUT2D eigenvalue weighted by Gasteiger charge is -2.38. The number of ether oxygens (including phenoxy) is 2. The van der Waals surface area contributed by atoms with E-state index in [-0.39, 0.29) is 13.4 Å². The van der Waals surface area contributed by atoms with E-state index in [0.717, 1.165) is 45.5 Å². The summed E-state index contributed by atoms with van der Waals surface area (Å²) in [6, 6.07) is 49.4. The maximum Gasteiger partial charge on any atom is 0.260 e. The van der Waals surface area contributed by atoms with Crippen LogP contribution in [0.1, 0.15) is 0 Å². The fourth-order valence-corrected chi connectivity index (χ4v) is 6.96. The van der Waals surface area contributed by atoms with E-state index in [9.17, 15) is 0 Å². The second kappa shape index (κ2) is 8.67. The molecule has 5 heteroatoms. The van der Waals surface area contributed by atoms with Gasteiger partial charge in [0.25, 0.3) is 6.71 Å². The highest BCUT2D eigenvalue weighted by Crippen LogP contribution is 2.42. The molecular formula is C36H23B2NO2. The average molecular weight is 523 g/mol. The molecule has 6 aromatic rings. The monoisotopic (exact) mass is 523 g/mol. The van der Waals surface area contributed by atoms with E-state index in [0.29, 0.717) is 0 Å². The molecule has 3 aliphatic rings. The number of fused-ring (bicyclic) bond motifs is 6. The molecule has 3 aliphatic heterocycles. The number of rotatable bonds is 2. The second-order valence-electron chi connectivity index (χ2n) is 10.9. The van der Waals surface area contributed by atoms with Gasteiger partial charge in [-0.05, 0) is 46.1 Å². The van der Waals surface area contributed by atoms with Gasteiger partial charge in [-0.2, -0.15) is 0 Å². The van der Waals surface area contributed by atoms with Crippen molar-refractivity contribution in [1.29, 1.82) is 0 Å². The van der Waals surface area contributed by atoms with Crippen molar-refractivity contribution in [2.24, 2.45) is 0 Å². The summed E-state index contributed by atoms with van der Waals surface area (Å²) in [5.41, 5.74) is 10.6. The molecule has 0 atom stereocenters. The zero-order chi connectivity index (χ0) is 26.9. The van der Waals surface area contributed by atoms with E-state index in [1.807, 2.05) is 12.1 Å². The van der Waals surface area contributed by atoms with Gasteiger partial charge in [-0.25, -0.2) is 0 Å². The summed E-state index contributed by atoms with van der Waals surface area (Å²) in [4.78, 5) is 2.36. The molecule has 3 nitrogen and oxygen atoms in total. The van der Waals surface area contributed by atoms with Crippen molar-refractivity contribution in [1.82, 2.24) is 0 Å². The number of nitrogens with zero attached hydrogens (tertiary/aromatic N) is 1. The minimum Gasteiger partial charge on any atom is -0.458 e. The molecule has 41 heavy (non-hydrogen) atoms. The van der Waals surface area contributed by atoms with Crippen molar-refractivity contribution in [3.63, 3.8) is 0 Å². The van der Waals surface area contributed by atoms with Crippen molar-refractivity contribution in [3.05, 3.63) is 140 Å². The number of anilines is 3. The minimum absolute atomic E-state index is 0.0624. The average Bonchev–Trinajstić information content (AvgIpc) is 3.03. The molecule has 0 fully saturated rings. The first-order valence-electron chi connectivity index (χ1n) is 14.1. The molecule has 0 spiro atoms. The van der Waals surface area contributed by atoms with Crippen LogP contribution in [0.25, 0.3) is 0 Å². The Morgan fingerprint density at radius 3 is 1.44 bits per heavy atom. The Balaban J connectivity index is 1.28. The SMILES string of the molecule is c1ccc(B2c3ccccc3N(c3cc4c5c(c3)Oc3ccccc3B5c3ccccc3O4)c3ccccc32)cc1. The largest absolute Gasteiger partial charge is 0.458 e. The Bertz CT molecular complexity index is 1870. The standard InChI is InChI=1S/C36H23B2NO2/c1-2-12-24(13-3-1)37-26-14-4-8-18-30(26)39(31-19-9-5-15-27(31)37)25-22-34-36-35(23-25)41-33-21-11-7-17-29(33)38(36)28-16-6-10-20-32(28)40-34/h1-23H. The van der Waals surface area contributed by atoms with Gasteiger partial charge in [-0.3, -0.25) is 0 Å². The summed E-state index contributed by atoms with van der Waals surface area (Å²) in [6.45, 7) is 0.207. The second-order valence-corrected chi connectivity index (χ2v) is 10.9. The third kappa shape index (κ3) is 3.29. The fourth-order valence-electron chi connectivity index (χ4n) is 6.96. The van der Waals surface area contributed by atoms with Crippen molar-refractivity contribution < 1.29 is 9.47 Å². The van der Waals surface area contributed by atoms with Crippen LogP contribution in [0.15, 0.2) is 140 Å². The van der Waals surface area contributed by atoms with Crippen molar-refractivity contribution in [2.75, 3.05) is 4.90 Å². The van der Waals surface area contributed by atoms with Crippen LogP contribution in [-0.4, -0.2) is 13.4 Å². The van der Waals surface area contributed by atoms with E-state index in [2.05, 4.69) is 132 Å². The summed E-state index contributed by atoms with van der Waals surface area (Å²) < 4.78 is 13.3. The Morgan fingerprint density at radius 2 is 0.878 bits per heavy atom. The first-order valence-corrected chi connectivity index (χ1v) is 14.1. The zero-order valence-electron chi connectivity index (χ0n) is 22.2. The van der Waals surface area contributed by atoms with Crippen LogP contribution >= 0.6 is 0 Å². The van der Waals surface area contributed by atoms with Crippen molar-refractivity contribution >= 4 is 63.3 Å². The molecule has 0 aliphatic carbocycles. The molecule has 3 heterocycles. The predicted molar refractivity (Wildman–Crippen MR) is 170 cm³/mol. The van der Waals surface area contributed by atoms with Crippen LogP contribution in [0.2, 0.25) is 0 Å². The van der Waals surface area contributed by atoms with Crippen molar-refractivity contribution in [2.45, 2.75) is 0 Å². The molecule has 190 valence electrons. The Labute approximate surface area is 239 Å². The summed E-state index contributed by atoms with van der Waals surface area (Å²) >= 11 is 0. The third-order valence-electron chi connectivity index (χ3n) is 8.65. The zero-order valence-corrected chi connectivity index (χ0v) is 22.2.